The van der Waals surface area contributed by atoms with Crippen LogP contribution in [-0.4, -0.2) is 50.2 Å². The Morgan fingerprint density at radius 2 is 1.72 bits per heavy atom. The molecule has 2 heterocycles. The third kappa shape index (κ3) is 3.73. The van der Waals surface area contributed by atoms with Gasteiger partial charge in [-0.05, 0) is 30.3 Å². The van der Waals surface area contributed by atoms with Gasteiger partial charge in [0.2, 0.25) is 6.23 Å². The minimum absolute atomic E-state index is 0.0364. The minimum atomic E-state index is -1.15. The first-order valence-corrected chi connectivity index (χ1v) is 11.3. The van der Waals surface area contributed by atoms with E-state index in [0.29, 0.717) is 35.0 Å². The Hall–Kier alpha value is -4.40. The molecule has 186 valence electrons. The molecule has 36 heavy (non-hydrogen) atoms. The van der Waals surface area contributed by atoms with E-state index in [2.05, 4.69) is 0 Å². The molecule has 0 saturated heterocycles. The molecule has 0 unspecified atom stereocenters. The van der Waals surface area contributed by atoms with Gasteiger partial charge in [-0.15, -0.1) is 0 Å². The van der Waals surface area contributed by atoms with Crippen molar-refractivity contribution in [3.05, 3.63) is 76.9 Å². The molecule has 0 radical (unpaired) electrons. The van der Waals surface area contributed by atoms with Crippen LogP contribution in [0, 0.1) is 0 Å². The lowest BCUT2D eigenvalue weighted by molar-refractivity contribution is -0.0199. The summed E-state index contributed by atoms with van der Waals surface area (Å²) >= 11 is 0. The monoisotopic (exact) mass is 490 g/mol. The van der Waals surface area contributed by atoms with Crippen molar-refractivity contribution in [3.63, 3.8) is 0 Å². The van der Waals surface area contributed by atoms with Gasteiger partial charge in [0.05, 0.1) is 40.2 Å². The van der Waals surface area contributed by atoms with E-state index in [0.717, 1.165) is 16.8 Å². The summed E-state index contributed by atoms with van der Waals surface area (Å²) in [6.07, 6.45) is -0.229. The highest BCUT2D eigenvalue weighted by Crippen LogP contribution is 2.50. The molecule has 2 aliphatic heterocycles. The van der Waals surface area contributed by atoms with Gasteiger partial charge in [0.1, 0.15) is 22.8 Å². The van der Waals surface area contributed by atoms with Crippen LogP contribution < -0.4 is 23.7 Å². The van der Waals surface area contributed by atoms with Crippen LogP contribution in [0.15, 0.2) is 59.7 Å². The van der Waals surface area contributed by atoms with E-state index in [1.165, 1.54) is 14.2 Å². The zero-order valence-electron chi connectivity index (χ0n) is 20.3. The van der Waals surface area contributed by atoms with E-state index in [4.69, 9.17) is 28.8 Å². The van der Waals surface area contributed by atoms with Gasteiger partial charge in [-0.2, -0.15) is 5.10 Å². The molecule has 0 spiro atoms. The topological polar surface area (TPSA) is 99.1 Å². The summed E-state index contributed by atoms with van der Waals surface area (Å²) in [6, 6.07) is 16.5. The van der Waals surface area contributed by atoms with Gasteiger partial charge in [-0.25, -0.2) is 9.80 Å². The zero-order valence-corrected chi connectivity index (χ0v) is 20.3. The first-order valence-electron chi connectivity index (χ1n) is 11.3. The summed E-state index contributed by atoms with van der Waals surface area (Å²) in [6.45, 7) is 0. The van der Waals surface area contributed by atoms with Crippen molar-refractivity contribution in [2.24, 2.45) is 5.10 Å². The Morgan fingerprint density at radius 3 is 2.42 bits per heavy atom. The third-order valence-corrected chi connectivity index (χ3v) is 6.48. The maximum Gasteiger partial charge on any atom is 0.340 e. The van der Waals surface area contributed by atoms with Crippen molar-refractivity contribution >= 4 is 11.7 Å². The third-order valence-electron chi connectivity index (χ3n) is 6.48. The maximum absolute atomic E-state index is 12.4. The first kappa shape index (κ1) is 23.3. The first-order chi connectivity index (χ1) is 17.5. The van der Waals surface area contributed by atoms with Crippen LogP contribution in [0.2, 0.25) is 0 Å². The number of para-hydroxylation sites is 1. The van der Waals surface area contributed by atoms with Crippen LogP contribution in [0.1, 0.15) is 45.7 Å². The Balaban J connectivity index is 1.67. The van der Waals surface area contributed by atoms with Crippen LogP contribution in [0.4, 0.5) is 0 Å². The number of benzene rings is 3. The fourth-order valence-electron chi connectivity index (χ4n) is 4.81. The average molecular weight is 491 g/mol. The molecule has 0 saturated carbocycles. The Bertz CT molecular complexity index is 1350. The Kier molecular flexibility index (Phi) is 6.05. The van der Waals surface area contributed by atoms with Crippen LogP contribution in [-0.2, 0) is 0 Å². The second-order valence-electron chi connectivity index (χ2n) is 8.29. The Morgan fingerprint density at radius 1 is 0.944 bits per heavy atom. The molecule has 9 nitrogen and oxygen atoms in total. The molecule has 0 amide bonds. The maximum atomic E-state index is 12.4. The van der Waals surface area contributed by atoms with Gasteiger partial charge in [-0.1, -0.05) is 18.2 Å². The van der Waals surface area contributed by atoms with Crippen molar-refractivity contribution in [1.29, 1.82) is 0 Å². The van der Waals surface area contributed by atoms with E-state index in [-0.39, 0.29) is 17.4 Å². The smallest absolute Gasteiger partial charge is 0.340 e. The number of carboxylic acids is 1. The molecule has 9 heteroatoms. The highest BCUT2D eigenvalue weighted by atomic mass is 16.5. The number of hydrogen-bond donors (Lipinski definition) is 1. The molecule has 2 aliphatic rings. The molecule has 1 N–H and O–H groups in total. The number of methoxy groups -OCH3 is 4. The number of fused-ring (bicyclic) bond motifs is 3. The van der Waals surface area contributed by atoms with Gasteiger partial charge in [0, 0.05) is 29.2 Å². The highest BCUT2D eigenvalue weighted by Gasteiger charge is 2.43. The van der Waals surface area contributed by atoms with Gasteiger partial charge in [0.15, 0.2) is 11.5 Å². The SMILES string of the molecule is COc1ccc(C2=NN3[C@H](C2)c2ccccc2O[C@@H]3c2ccc(OC)c(OC)c2C(=O)O)c(OC)c1. The van der Waals surface area contributed by atoms with Crippen molar-refractivity contribution < 1.29 is 33.6 Å². The summed E-state index contributed by atoms with van der Waals surface area (Å²) in [5.74, 6) is 1.28. The predicted octanol–water partition coefficient (Wildman–Crippen LogP) is 4.66. The van der Waals surface area contributed by atoms with Crippen molar-refractivity contribution in [2.75, 3.05) is 28.4 Å². The quantitative estimate of drug-likeness (QED) is 0.511. The summed E-state index contributed by atoms with van der Waals surface area (Å²) < 4.78 is 28.1. The number of rotatable bonds is 7. The summed E-state index contributed by atoms with van der Waals surface area (Å²) in [5.41, 5.74) is 2.96. The van der Waals surface area contributed by atoms with Gasteiger partial charge in [-0.3, -0.25) is 0 Å². The number of hydrazone groups is 1. The lowest BCUT2D eigenvalue weighted by Gasteiger charge is -2.38. The predicted molar refractivity (Wildman–Crippen MR) is 132 cm³/mol. The molecular weight excluding hydrogens is 464 g/mol. The standard InChI is InChI=1S/C27H26N2O7/c1-32-15-9-10-16(23(13-15)34-3)19-14-20-17-7-5-6-8-21(17)36-26(29(20)28-19)18-11-12-22(33-2)25(35-4)24(18)27(30)31/h5-13,20,26H,14H2,1-4H3,(H,30,31)/t20-,26-/m1/s1. The van der Waals surface area contributed by atoms with Crippen LogP contribution in [0.3, 0.4) is 0 Å². The van der Waals surface area contributed by atoms with Gasteiger partial charge in [0.25, 0.3) is 0 Å². The van der Waals surface area contributed by atoms with Crippen LogP contribution in [0.5, 0.6) is 28.7 Å². The normalized spacial score (nSPS) is 17.9. The van der Waals surface area contributed by atoms with Crippen LogP contribution >= 0.6 is 0 Å². The number of ether oxygens (including phenoxy) is 5. The van der Waals surface area contributed by atoms with E-state index in [1.54, 1.807) is 26.4 Å². The van der Waals surface area contributed by atoms with E-state index in [9.17, 15) is 9.90 Å². The average Bonchev–Trinajstić information content (AvgIpc) is 3.36. The second kappa shape index (κ2) is 9.33. The number of carboxylic acid groups (broad SMARTS) is 1. The highest BCUT2D eigenvalue weighted by molar-refractivity contribution is 6.04. The van der Waals surface area contributed by atoms with Crippen molar-refractivity contribution in [1.82, 2.24) is 5.01 Å². The largest absolute Gasteiger partial charge is 0.497 e. The lowest BCUT2D eigenvalue weighted by atomic mass is 9.94. The summed E-state index contributed by atoms with van der Waals surface area (Å²) in [5, 5.41) is 16.9. The molecular formula is C27H26N2O7. The number of nitrogens with zero attached hydrogens (tertiary/aromatic N) is 2. The molecule has 0 aromatic heterocycles. The number of hydrogen-bond acceptors (Lipinski definition) is 8. The summed E-state index contributed by atoms with van der Waals surface area (Å²) in [4.78, 5) is 12.4. The molecule has 3 aromatic carbocycles. The zero-order chi connectivity index (χ0) is 25.4. The van der Waals surface area contributed by atoms with E-state index >= 15 is 0 Å². The fraction of sp³-hybridized carbons (Fsp3) is 0.259. The number of carbonyl (C=O) groups is 1. The van der Waals surface area contributed by atoms with Crippen molar-refractivity contribution in [2.45, 2.75) is 18.7 Å². The Labute approximate surface area is 208 Å². The molecule has 0 bridgehead atoms. The molecule has 0 aliphatic carbocycles. The molecule has 5 rings (SSSR count). The van der Waals surface area contributed by atoms with Gasteiger partial charge < -0.3 is 28.8 Å². The molecule has 3 aromatic rings. The van der Waals surface area contributed by atoms with Crippen LogP contribution in [0.25, 0.3) is 0 Å². The number of aromatic carboxylic acids is 1. The second-order valence-corrected chi connectivity index (χ2v) is 8.29. The lowest BCUT2D eigenvalue weighted by Crippen LogP contribution is -2.34. The van der Waals surface area contributed by atoms with Crippen molar-refractivity contribution in [3.8, 4) is 28.7 Å². The molecule has 0 fully saturated rings. The summed E-state index contributed by atoms with van der Waals surface area (Å²) in [7, 11) is 6.08. The molecule has 2 atom stereocenters. The van der Waals surface area contributed by atoms with Gasteiger partial charge >= 0.3 is 5.97 Å². The minimum Gasteiger partial charge on any atom is -0.497 e. The van der Waals surface area contributed by atoms with E-state index < -0.39 is 12.2 Å². The van der Waals surface area contributed by atoms with E-state index in [1.807, 2.05) is 47.5 Å². The fourth-order valence-corrected chi connectivity index (χ4v) is 4.81.